The summed E-state index contributed by atoms with van der Waals surface area (Å²) in [6, 6.07) is 6.75. The third-order valence-electron chi connectivity index (χ3n) is 1.66. The molecule has 74 valence electrons. The van der Waals surface area contributed by atoms with E-state index in [1.807, 2.05) is 0 Å². The number of esters is 1. The molecule has 1 aromatic rings. The van der Waals surface area contributed by atoms with Crippen molar-refractivity contribution in [1.82, 2.24) is 0 Å². The van der Waals surface area contributed by atoms with Crippen LogP contribution in [0.4, 0.5) is 0 Å². The van der Waals surface area contributed by atoms with E-state index in [0.29, 0.717) is 5.56 Å². The van der Waals surface area contributed by atoms with Gasteiger partial charge in [-0.25, -0.2) is 4.79 Å². The fourth-order valence-corrected chi connectivity index (χ4v) is 0.966. The number of para-hydroxylation sites is 1. The lowest BCUT2D eigenvalue weighted by molar-refractivity contribution is -0.139. The van der Waals surface area contributed by atoms with Crippen LogP contribution in [0.3, 0.4) is 0 Å². The molecule has 0 bridgehead atoms. The maximum atomic E-state index is 10.9. The van der Waals surface area contributed by atoms with Crippen molar-refractivity contribution in [3.8, 4) is 5.75 Å². The van der Waals surface area contributed by atoms with Crippen molar-refractivity contribution in [2.45, 2.75) is 13.5 Å². The molecule has 0 aliphatic heterocycles. The fourth-order valence-electron chi connectivity index (χ4n) is 0.966. The molecular weight excluding hydrogens is 180 g/mol. The summed E-state index contributed by atoms with van der Waals surface area (Å²) >= 11 is 0. The number of ether oxygens (including phenoxy) is 1. The number of allylic oxidation sites excluding steroid dienone is 1. The number of rotatable bonds is 3. The largest absolute Gasteiger partial charge is 0.508 e. The average Bonchev–Trinajstić information content (AvgIpc) is 2.17. The van der Waals surface area contributed by atoms with Gasteiger partial charge in [-0.05, 0) is 13.0 Å². The molecule has 14 heavy (non-hydrogen) atoms. The minimum absolute atomic E-state index is 0.0931. The molecule has 0 aromatic heterocycles. The van der Waals surface area contributed by atoms with Crippen LogP contribution in [-0.4, -0.2) is 11.1 Å². The molecule has 0 saturated carbocycles. The number of aromatic hydroxyl groups is 1. The molecule has 0 fully saturated rings. The zero-order chi connectivity index (χ0) is 10.4. The van der Waals surface area contributed by atoms with Crippen molar-refractivity contribution in [2.24, 2.45) is 0 Å². The normalized spacial score (nSPS) is 10.4. The Bertz CT molecular complexity index is 342. The lowest BCUT2D eigenvalue weighted by atomic mass is 10.2. The molecule has 0 aliphatic rings. The number of carbonyl (C=O) groups is 1. The van der Waals surface area contributed by atoms with Gasteiger partial charge < -0.3 is 9.84 Å². The van der Waals surface area contributed by atoms with Crippen molar-refractivity contribution in [3.63, 3.8) is 0 Å². The second kappa shape index (κ2) is 5.07. The second-order valence-electron chi connectivity index (χ2n) is 2.74. The zero-order valence-electron chi connectivity index (χ0n) is 7.93. The van der Waals surface area contributed by atoms with Crippen LogP contribution in [0.5, 0.6) is 5.75 Å². The topological polar surface area (TPSA) is 46.5 Å². The first-order chi connectivity index (χ1) is 6.74. The Balaban J connectivity index is 2.54. The van der Waals surface area contributed by atoms with Crippen molar-refractivity contribution >= 4 is 5.97 Å². The van der Waals surface area contributed by atoms with Crippen molar-refractivity contribution < 1.29 is 14.6 Å². The number of hydrogen-bond donors (Lipinski definition) is 1. The first-order valence-electron chi connectivity index (χ1n) is 4.30. The summed E-state index contributed by atoms with van der Waals surface area (Å²) in [5.74, 6) is -0.267. The first kappa shape index (κ1) is 10.3. The fraction of sp³-hybridized carbons (Fsp3) is 0.182. The summed E-state index contributed by atoms with van der Waals surface area (Å²) in [5.41, 5.74) is 0.602. The van der Waals surface area contributed by atoms with E-state index in [-0.39, 0.29) is 12.4 Å². The average molecular weight is 192 g/mol. The SMILES string of the molecule is CC=CC(=O)OCc1ccccc1O. The van der Waals surface area contributed by atoms with Gasteiger partial charge in [0.05, 0.1) is 0 Å². The van der Waals surface area contributed by atoms with Gasteiger partial charge in [-0.3, -0.25) is 0 Å². The molecule has 0 unspecified atom stereocenters. The van der Waals surface area contributed by atoms with E-state index >= 15 is 0 Å². The maximum Gasteiger partial charge on any atom is 0.330 e. The molecule has 3 heteroatoms. The van der Waals surface area contributed by atoms with Gasteiger partial charge in [0.2, 0.25) is 0 Å². The molecule has 0 atom stereocenters. The molecule has 0 aliphatic carbocycles. The molecule has 0 radical (unpaired) electrons. The molecule has 1 N–H and O–H groups in total. The molecule has 1 rings (SSSR count). The Morgan fingerprint density at radius 2 is 2.21 bits per heavy atom. The number of benzene rings is 1. The van der Waals surface area contributed by atoms with Gasteiger partial charge in [0.25, 0.3) is 0 Å². The Morgan fingerprint density at radius 3 is 2.86 bits per heavy atom. The molecular formula is C11H12O3. The quantitative estimate of drug-likeness (QED) is 0.588. The Hall–Kier alpha value is -1.77. The van der Waals surface area contributed by atoms with E-state index in [9.17, 15) is 9.90 Å². The number of phenolic OH excluding ortho intramolecular Hbond substituents is 1. The summed E-state index contributed by atoms with van der Waals surface area (Å²) in [7, 11) is 0. The predicted molar refractivity (Wildman–Crippen MR) is 52.7 cm³/mol. The van der Waals surface area contributed by atoms with E-state index < -0.39 is 5.97 Å². The summed E-state index contributed by atoms with van der Waals surface area (Å²) in [4.78, 5) is 10.9. The van der Waals surface area contributed by atoms with E-state index in [2.05, 4.69) is 0 Å². The highest BCUT2D eigenvalue weighted by atomic mass is 16.5. The summed E-state index contributed by atoms with van der Waals surface area (Å²) in [6.45, 7) is 1.83. The summed E-state index contributed by atoms with van der Waals surface area (Å²) in [5, 5.41) is 9.34. The van der Waals surface area contributed by atoms with E-state index in [4.69, 9.17) is 4.74 Å². The minimum Gasteiger partial charge on any atom is -0.508 e. The van der Waals surface area contributed by atoms with Crippen LogP contribution in [0.2, 0.25) is 0 Å². The van der Waals surface area contributed by atoms with Crippen LogP contribution in [0.1, 0.15) is 12.5 Å². The van der Waals surface area contributed by atoms with Crippen molar-refractivity contribution in [3.05, 3.63) is 42.0 Å². The van der Waals surface area contributed by atoms with Crippen LogP contribution in [0.15, 0.2) is 36.4 Å². The van der Waals surface area contributed by atoms with Gasteiger partial charge in [-0.15, -0.1) is 0 Å². The lowest BCUT2D eigenvalue weighted by Gasteiger charge is -2.03. The smallest absolute Gasteiger partial charge is 0.330 e. The van der Waals surface area contributed by atoms with E-state index in [0.717, 1.165) is 0 Å². The summed E-state index contributed by atoms with van der Waals surface area (Å²) in [6.07, 6.45) is 2.94. The van der Waals surface area contributed by atoms with Gasteiger partial charge in [0.1, 0.15) is 12.4 Å². The molecule has 3 nitrogen and oxygen atoms in total. The maximum absolute atomic E-state index is 10.9. The number of carbonyl (C=O) groups excluding carboxylic acids is 1. The monoisotopic (exact) mass is 192 g/mol. The number of phenols is 1. The van der Waals surface area contributed by atoms with Gasteiger partial charge in [-0.2, -0.15) is 0 Å². The molecule has 0 heterocycles. The van der Waals surface area contributed by atoms with Crippen LogP contribution >= 0.6 is 0 Å². The Kier molecular flexibility index (Phi) is 3.73. The Labute approximate surface area is 82.6 Å². The molecule has 0 saturated heterocycles. The third-order valence-corrected chi connectivity index (χ3v) is 1.66. The van der Waals surface area contributed by atoms with Crippen LogP contribution in [0.25, 0.3) is 0 Å². The second-order valence-corrected chi connectivity index (χ2v) is 2.74. The first-order valence-corrected chi connectivity index (χ1v) is 4.30. The highest BCUT2D eigenvalue weighted by Gasteiger charge is 2.01. The molecule has 1 aromatic carbocycles. The van der Waals surface area contributed by atoms with Crippen LogP contribution < -0.4 is 0 Å². The van der Waals surface area contributed by atoms with Crippen molar-refractivity contribution in [2.75, 3.05) is 0 Å². The van der Waals surface area contributed by atoms with Gasteiger partial charge in [-0.1, -0.05) is 24.3 Å². The highest BCUT2D eigenvalue weighted by Crippen LogP contribution is 2.16. The van der Waals surface area contributed by atoms with Crippen molar-refractivity contribution in [1.29, 1.82) is 0 Å². The minimum atomic E-state index is -0.407. The summed E-state index contributed by atoms with van der Waals surface area (Å²) < 4.78 is 4.86. The van der Waals surface area contributed by atoms with E-state index in [1.165, 1.54) is 6.08 Å². The van der Waals surface area contributed by atoms with Gasteiger partial charge in [0, 0.05) is 11.6 Å². The highest BCUT2D eigenvalue weighted by molar-refractivity contribution is 5.81. The van der Waals surface area contributed by atoms with Crippen LogP contribution in [-0.2, 0) is 16.1 Å². The van der Waals surface area contributed by atoms with Gasteiger partial charge in [0.15, 0.2) is 0 Å². The molecule has 0 amide bonds. The third kappa shape index (κ3) is 2.94. The number of hydrogen-bond acceptors (Lipinski definition) is 3. The molecule has 0 spiro atoms. The zero-order valence-corrected chi connectivity index (χ0v) is 7.93. The van der Waals surface area contributed by atoms with E-state index in [1.54, 1.807) is 37.3 Å². The van der Waals surface area contributed by atoms with Gasteiger partial charge >= 0.3 is 5.97 Å². The Morgan fingerprint density at radius 1 is 1.50 bits per heavy atom. The standard InChI is InChI=1S/C11H12O3/c1-2-5-11(13)14-8-9-6-3-4-7-10(9)12/h2-7,12H,8H2,1H3. The lowest BCUT2D eigenvalue weighted by Crippen LogP contribution is -2.00. The van der Waals surface area contributed by atoms with Crippen LogP contribution in [0, 0.1) is 0 Å². The predicted octanol–water partition coefficient (Wildman–Crippen LogP) is 2.01.